The van der Waals surface area contributed by atoms with Crippen molar-refractivity contribution in [1.29, 1.82) is 0 Å². The fourth-order valence-corrected chi connectivity index (χ4v) is 3.92. The van der Waals surface area contributed by atoms with Gasteiger partial charge in [0, 0.05) is 15.4 Å². The van der Waals surface area contributed by atoms with Crippen molar-refractivity contribution in [2.75, 3.05) is 6.54 Å². The molecule has 1 aliphatic rings. The summed E-state index contributed by atoms with van der Waals surface area (Å²) in [5.41, 5.74) is 1.72. The summed E-state index contributed by atoms with van der Waals surface area (Å²) in [6.45, 7) is 3.43. The second-order valence-corrected chi connectivity index (χ2v) is 5.20. The molecule has 2 heterocycles. The van der Waals surface area contributed by atoms with Gasteiger partial charge in [0.2, 0.25) is 0 Å². The average Bonchev–Trinajstić information content (AvgIpc) is 2.73. The second-order valence-electron chi connectivity index (χ2n) is 3.60. The SMILES string of the molecule is CCC1(c2cscc2Br)CCCN1. The zero-order valence-corrected chi connectivity index (χ0v) is 10.2. The topological polar surface area (TPSA) is 12.0 Å². The van der Waals surface area contributed by atoms with Crippen molar-refractivity contribution in [2.24, 2.45) is 0 Å². The van der Waals surface area contributed by atoms with Gasteiger partial charge < -0.3 is 5.32 Å². The third-order valence-corrected chi connectivity index (χ3v) is 4.68. The van der Waals surface area contributed by atoms with Crippen LogP contribution in [0.2, 0.25) is 0 Å². The van der Waals surface area contributed by atoms with Crippen LogP contribution in [-0.4, -0.2) is 6.54 Å². The number of halogens is 1. The molecular formula is C10H14BrNS. The normalized spacial score (nSPS) is 28.2. The van der Waals surface area contributed by atoms with Crippen LogP contribution in [0.4, 0.5) is 0 Å². The predicted octanol–water partition coefficient (Wildman–Crippen LogP) is 3.50. The van der Waals surface area contributed by atoms with E-state index in [1.807, 2.05) is 0 Å². The van der Waals surface area contributed by atoms with Crippen molar-refractivity contribution >= 4 is 27.3 Å². The average molecular weight is 260 g/mol. The smallest absolute Gasteiger partial charge is 0.0452 e. The quantitative estimate of drug-likeness (QED) is 0.858. The van der Waals surface area contributed by atoms with Gasteiger partial charge in [0.05, 0.1) is 0 Å². The molecule has 1 aliphatic heterocycles. The van der Waals surface area contributed by atoms with Crippen LogP contribution >= 0.6 is 27.3 Å². The van der Waals surface area contributed by atoms with Gasteiger partial charge in [-0.25, -0.2) is 0 Å². The Morgan fingerprint density at radius 3 is 2.92 bits per heavy atom. The molecule has 1 unspecified atom stereocenters. The molecule has 0 radical (unpaired) electrons. The maximum Gasteiger partial charge on any atom is 0.0452 e. The molecule has 1 saturated heterocycles. The van der Waals surface area contributed by atoms with E-state index < -0.39 is 0 Å². The van der Waals surface area contributed by atoms with Crippen LogP contribution in [0.5, 0.6) is 0 Å². The van der Waals surface area contributed by atoms with Crippen LogP contribution in [0.25, 0.3) is 0 Å². The molecule has 2 rings (SSSR count). The van der Waals surface area contributed by atoms with Gasteiger partial charge >= 0.3 is 0 Å². The summed E-state index contributed by atoms with van der Waals surface area (Å²) in [6, 6.07) is 0. The molecule has 1 nitrogen and oxygen atoms in total. The van der Waals surface area contributed by atoms with E-state index >= 15 is 0 Å². The molecule has 1 aromatic heterocycles. The molecule has 0 saturated carbocycles. The first-order valence-electron chi connectivity index (χ1n) is 4.76. The third kappa shape index (κ3) is 1.58. The fourth-order valence-electron chi connectivity index (χ4n) is 2.15. The van der Waals surface area contributed by atoms with Crippen LogP contribution in [0.3, 0.4) is 0 Å². The fraction of sp³-hybridized carbons (Fsp3) is 0.600. The summed E-state index contributed by atoms with van der Waals surface area (Å²) >= 11 is 5.40. The molecule has 1 fully saturated rings. The number of hydrogen-bond acceptors (Lipinski definition) is 2. The zero-order valence-electron chi connectivity index (χ0n) is 7.77. The highest BCUT2D eigenvalue weighted by molar-refractivity contribution is 9.10. The molecule has 1 atom stereocenters. The zero-order chi connectivity index (χ0) is 9.31. The van der Waals surface area contributed by atoms with Gasteiger partial charge in [-0.2, -0.15) is 11.3 Å². The lowest BCUT2D eigenvalue weighted by atomic mass is 9.88. The van der Waals surface area contributed by atoms with Gasteiger partial charge in [-0.3, -0.25) is 0 Å². The van der Waals surface area contributed by atoms with Crippen molar-refractivity contribution in [1.82, 2.24) is 5.32 Å². The molecule has 72 valence electrons. The first-order valence-corrected chi connectivity index (χ1v) is 6.49. The third-order valence-electron chi connectivity index (χ3n) is 2.98. The van der Waals surface area contributed by atoms with Gasteiger partial charge in [0.25, 0.3) is 0 Å². The summed E-state index contributed by atoms with van der Waals surface area (Å²) in [7, 11) is 0. The summed E-state index contributed by atoms with van der Waals surface area (Å²) in [4.78, 5) is 0. The lowest BCUT2D eigenvalue weighted by Crippen LogP contribution is -2.35. The highest BCUT2D eigenvalue weighted by Crippen LogP contribution is 2.39. The Labute approximate surface area is 91.7 Å². The Balaban J connectivity index is 2.36. The maximum absolute atomic E-state index is 3.64. The number of hydrogen-bond donors (Lipinski definition) is 1. The maximum atomic E-state index is 3.64. The van der Waals surface area contributed by atoms with Crippen LogP contribution in [0.1, 0.15) is 31.7 Å². The van der Waals surface area contributed by atoms with Crippen molar-refractivity contribution in [2.45, 2.75) is 31.7 Å². The Hall–Kier alpha value is 0.140. The van der Waals surface area contributed by atoms with Gasteiger partial charge in [-0.05, 0) is 52.7 Å². The van der Waals surface area contributed by atoms with E-state index in [0.717, 1.165) is 6.54 Å². The second kappa shape index (κ2) is 3.71. The molecule has 13 heavy (non-hydrogen) atoms. The van der Waals surface area contributed by atoms with Gasteiger partial charge in [-0.1, -0.05) is 6.92 Å². The summed E-state index contributed by atoms with van der Waals surface area (Å²) in [5, 5.41) is 8.08. The number of nitrogens with one attached hydrogen (secondary N) is 1. The molecule has 1 N–H and O–H groups in total. The van der Waals surface area contributed by atoms with Crippen molar-refractivity contribution in [3.05, 3.63) is 20.8 Å². The summed E-state index contributed by atoms with van der Waals surface area (Å²) < 4.78 is 1.27. The van der Waals surface area contributed by atoms with Crippen LogP contribution in [-0.2, 0) is 5.54 Å². The lowest BCUT2D eigenvalue weighted by Gasteiger charge is -2.28. The number of rotatable bonds is 2. The van der Waals surface area contributed by atoms with Crippen LogP contribution in [0.15, 0.2) is 15.2 Å². The molecule has 1 aromatic rings. The van der Waals surface area contributed by atoms with Crippen LogP contribution in [0, 0.1) is 0 Å². The summed E-state index contributed by atoms with van der Waals surface area (Å²) in [5.74, 6) is 0. The van der Waals surface area contributed by atoms with Crippen LogP contribution < -0.4 is 5.32 Å². The molecular weight excluding hydrogens is 246 g/mol. The van der Waals surface area contributed by atoms with Crippen molar-refractivity contribution in [3.63, 3.8) is 0 Å². The van der Waals surface area contributed by atoms with E-state index in [0.29, 0.717) is 0 Å². The largest absolute Gasteiger partial charge is 0.307 e. The van der Waals surface area contributed by atoms with E-state index in [1.54, 1.807) is 11.3 Å². The lowest BCUT2D eigenvalue weighted by molar-refractivity contribution is 0.375. The molecule has 0 bridgehead atoms. The molecule has 0 aromatic carbocycles. The van der Waals surface area contributed by atoms with Crippen molar-refractivity contribution < 1.29 is 0 Å². The minimum Gasteiger partial charge on any atom is -0.307 e. The minimum absolute atomic E-state index is 0.263. The predicted molar refractivity (Wildman–Crippen MR) is 61.2 cm³/mol. The van der Waals surface area contributed by atoms with Gasteiger partial charge in [0.15, 0.2) is 0 Å². The minimum atomic E-state index is 0.263. The first-order chi connectivity index (χ1) is 6.28. The molecule has 0 amide bonds. The monoisotopic (exact) mass is 259 g/mol. The Bertz CT molecular complexity index is 289. The van der Waals surface area contributed by atoms with E-state index in [1.165, 1.54) is 29.3 Å². The van der Waals surface area contributed by atoms with E-state index in [9.17, 15) is 0 Å². The molecule has 3 heteroatoms. The number of thiophene rings is 1. The molecule has 0 aliphatic carbocycles. The first kappa shape index (κ1) is 9.69. The van der Waals surface area contributed by atoms with E-state index in [4.69, 9.17) is 0 Å². The Morgan fingerprint density at radius 1 is 1.62 bits per heavy atom. The van der Waals surface area contributed by atoms with Crippen molar-refractivity contribution in [3.8, 4) is 0 Å². The highest BCUT2D eigenvalue weighted by atomic mass is 79.9. The standard InChI is InChI=1S/C10H14BrNS/c1-2-10(4-3-5-12-10)8-6-13-7-9(8)11/h6-7,12H,2-5H2,1H3. The molecule has 0 spiro atoms. The van der Waals surface area contributed by atoms with Gasteiger partial charge in [-0.15, -0.1) is 0 Å². The van der Waals surface area contributed by atoms with E-state index in [-0.39, 0.29) is 5.54 Å². The van der Waals surface area contributed by atoms with Gasteiger partial charge in [0.1, 0.15) is 0 Å². The Kier molecular flexibility index (Phi) is 2.77. The van der Waals surface area contributed by atoms with E-state index in [2.05, 4.69) is 38.9 Å². The Morgan fingerprint density at radius 2 is 2.46 bits per heavy atom. The summed E-state index contributed by atoms with van der Waals surface area (Å²) in [6.07, 6.45) is 3.76. The highest BCUT2D eigenvalue weighted by Gasteiger charge is 2.35.